The lowest BCUT2D eigenvalue weighted by Crippen LogP contribution is -2.31. The minimum Gasteiger partial charge on any atom is -0.466 e. The second-order valence-corrected chi connectivity index (χ2v) is 7.40. The number of halogens is 1. The van der Waals surface area contributed by atoms with Crippen molar-refractivity contribution in [2.24, 2.45) is 0 Å². The van der Waals surface area contributed by atoms with E-state index in [9.17, 15) is 9.59 Å². The average molecular weight is 408 g/mol. The van der Waals surface area contributed by atoms with Gasteiger partial charge in [0.05, 0.1) is 36.5 Å². The van der Waals surface area contributed by atoms with E-state index >= 15 is 0 Å². The smallest absolute Gasteiger partial charge is 0.337 e. The third kappa shape index (κ3) is 4.42. The first-order chi connectivity index (χ1) is 13.5. The molecule has 2 heterocycles. The fraction of sp³-hybridized carbons (Fsp3) is 0.500. The van der Waals surface area contributed by atoms with E-state index in [-0.39, 0.29) is 36.9 Å². The molecule has 0 atom stereocenters. The summed E-state index contributed by atoms with van der Waals surface area (Å²) in [6.45, 7) is 2.05. The summed E-state index contributed by atoms with van der Waals surface area (Å²) in [6.07, 6.45) is 4.79. The third-order valence-corrected chi connectivity index (χ3v) is 5.42. The van der Waals surface area contributed by atoms with Crippen molar-refractivity contribution >= 4 is 34.9 Å². The Bertz CT molecular complexity index is 773. The Balaban J connectivity index is 1.82. The summed E-state index contributed by atoms with van der Waals surface area (Å²) in [5.74, 6) is -0.911. The fourth-order valence-electron chi connectivity index (χ4n) is 3.65. The average Bonchev–Trinajstić information content (AvgIpc) is 2.87. The van der Waals surface area contributed by atoms with Crippen LogP contribution in [0.25, 0.3) is 0 Å². The predicted octanol–water partition coefficient (Wildman–Crippen LogP) is 2.39. The Kier molecular flexibility index (Phi) is 6.80. The van der Waals surface area contributed by atoms with E-state index in [4.69, 9.17) is 21.4 Å². The lowest BCUT2D eigenvalue weighted by molar-refractivity contribution is -0.136. The van der Waals surface area contributed by atoms with Gasteiger partial charge in [-0.05, 0) is 31.0 Å². The van der Waals surface area contributed by atoms with Crippen molar-refractivity contribution in [2.45, 2.75) is 25.7 Å². The number of β-amino-alcohol motifs (C(OH)–C–C–N with tert-alkyl or cyclic N) is 1. The Morgan fingerprint density at radius 3 is 2.57 bits per heavy atom. The number of aliphatic hydroxyl groups is 1. The molecule has 0 saturated carbocycles. The van der Waals surface area contributed by atoms with Gasteiger partial charge in [0.1, 0.15) is 5.70 Å². The van der Waals surface area contributed by atoms with Crippen LogP contribution >= 0.6 is 11.6 Å². The molecule has 28 heavy (non-hydrogen) atoms. The van der Waals surface area contributed by atoms with Crippen LogP contribution in [0, 0.1) is 0 Å². The van der Waals surface area contributed by atoms with Gasteiger partial charge in [-0.25, -0.2) is 4.79 Å². The lowest BCUT2D eigenvalue weighted by Gasteiger charge is -2.24. The molecule has 2 aliphatic rings. The Hall–Kier alpha value is -2.25. The highest BCUT2D eigenvalue weighted by atomic mass is 35.5. The number of aliphatic hydroxyl groups excluding tert-OH is 1. The molecule has 1 aromatic rings. The van der Waals surface area contributed by atoms with Crippen molar-refractivity contribution in [2.75, 3.05) is 50.1 Å². The Morgan fingerprint density at radius 2 is 1.96 bits per heavy atom. The lowest BCUT2D eigenvalue weighted by atomic mass is 10.2. The van der Waals surface area contributed by atoms with Crippen LogP contribution in [0.5, 0.6) is 0 Å². The molecule has 152 valence electrons. The zero-order valence-corrected chi connectivity index (χ0v) is 16.8. The number of amides is 1. The molecule has 0 radical (unpaired) electrons. The summed E-state index contributed by atoms with van der Waals surface area (Å²) in [4.78, 5) is 28.4. The van der Waals surface area contributed by atoms with E-state index in [0.29, 0.717) is 10.7 Å². The van der Waals surface area contributed by atoms with Crippen LogP contribution in [-0.2, 0) is 14.3 Å². The van der Waals surface area contributed by atoms with Crippen molar-refractivity contribution in [3.8, 4) is 0 Å². The van der Waals surface area contributed by atoms with Crippen molar-refractivity contribution in [3.05, 3.63) is 34.5 Å². The number of esters is 1. The molecule has 2 N–H and O–H groups in total. The zero-order valence-electron chi connectivity index (χ0n) is 16.0. The van der Waals surface area contributed by atoms with Gasteiger partial charge in [-0.2, -0.15) is 0 Å². The van der Waals surface area contributed by atoms with Crippen LogP contribution in [0.15, 0.2) is 29.5 Å². The molecular weight excluding hydrogens is 382 g/mol. The molecule has 1 aromatic carbocycles. The van der Waals surface area contributed by atoms with Crippen LogP contribution in [-0.4, -0.2) is 61.8 Å². The maximum absolute atomic E-state index is 12.6. The van der Waals surface area contributed by atoms with Crippen molar-refractivity contribution in [1.82, 2.24) is 4.90 Å². The molecule has 3 rings (SSSR count). The number of carbonyl (C=O) groups is 2. The summed E-state index contributed by atoms with van der Waals surface area (Å²) < 4.78 is 4.80. The van der Waals surface area contributed by atoms with Crippen molar-refractivity contribution in [3.63, 3.8) is 0 Å². The van der Waals surface area contributed by atoms with Gasteiger partial charge in [0.25, 0.3) is 5.91 Å². The second kappa shape index (κ2) is 9.30. The monoisotopic (exact) mass is 407 g/mol. The molecule has 1 fully saturated rings. The number of methoxy groups -OCH3 is 1. The molecule has 0 spiro atoms. The van der Waals surface area contributed by atoms with E-state index in [1.54, 1.807) is 6.07 Å². The summed E-state index contributed by atoms with van der Waals surface area (Å²) >= 11 is 6.52. The summed E-state index contributed by atoms with van der Waals surface area (Å²) in [6, 6.07) is 5.57. The molecule has 0 aliphatic carbocycles. The number of anilines is 2. The van der Waals surface area contributed by atoms with Crippen molar-refractivity contribution < 1.29 is 19.4 Å². The number of hydrogen-bond donors (Lipinski definition) is 2. The number of benzene rings is 1. The van der Waals surface area contributed by atoms with Gasteiger partial charge in [0.15, 0.2) is 0 Å². The number of ether oxygens (including phenoxy) is 1. The summed E-state index contributed by atoms with van der Waals surface area (Å²) in [7, 11) is 1.28. The second-order valence-electron chi connectivity index (χ2n) is 6.99. The van der Waals surface area contributed by atoms with Crippen LogP contribution < -0.4 is 10.2 Å². The topological polar surface area (TPSA) is 82.1 Å². The van der Waals surface area contributed by atoms with E-state index < -0.39 is 5.97 Å². The van der Waals surface area contributed by atoms with E-state index in [2.05, 4.69) is 10.2 Å². The minimum absolute atomic E-state index is 0.105. The number of carbonyl (C=O) groups excluding carboxylic acids is 2. The molecule has 8 heteroatoms. The maximum Gasteiger partial charge on any atom is 0.337 e. The number of rotatable bonds is 6. The van der Waals surface area contributed by atoms with Crippen LogP contribution in [0.1, 0.15) is 25.7 Å². The number of nitrogens with one attached hydrogen (secondary N) is 1. The van der Waals surface area contributed by atoms with Gasteiger partial charge in [0, 0.05) is 25.3 Å². The third-order valence-electron chi connectivity index (χ3n) is 5.12. The molecule has 0 bridgehead atoms. The first-order valence-electron chi connectivity index (χ1n) is 9.58. The zero-order chi connectivity index (χ0) is 20.1. The summed E-state index contributed by atoms with van der Waals surface area (Å²) in [5.41, 5.74) is 2.02. The Morgan fingerprint density at radius 1 is 1.25 bits per heavy atom. The first kappa shape index (κ1) is 20.5. The first-order valence-corrected chi connectivity index (χ1v) is 9.96. The van der Waals surface area contributed by atoms with Crippen LogP contribution in [0.4, 0.5) is 11.4 Å². The quantitative estimate of drug-likeness (QED) is 0.705. The van der Waals surface area contributed by atoms with Gasteiger partial charge in [-0.1, -0.05) is 24.4 Å². The van der Waals surface area contributed by atoms with Crippen LogP contribution in [0.2, 0.25) is 5.02 Å². The predicted molar refractivity (Wildman–Crippen MR) is 108 cm³/mol. The summed E-state index contributed by atoms with van der Waals surface area (Å²) in [5, 5.41) is 12.8. The molecule has 2 aliphatic heterocycles. The highest BCUT2D eigenvalue weighted by molar-refractivity contribution is 6.33. The molecule has 1 amide bonds. The fourth-order valence-corrected chi connectivity index (χ4v) is 3.95. The Labute approximate surface area is 169 Å². The molecule has 0 aromatic heterocycles. The SMILES string of the molecule is COC(=O)C1=C(Nc2ccc(N3CCCCCC3)c(Cl)c2)C(=O)N(CCO)C1. The normalized spacial score (nSPS) is 17.8. The molecule has 7 nitrogen and oxygen atoms in total. The number of nitrogens with zero attached hydrogens (tertiary/aromatic N) is 2. The van der Waals surface area contributed by atoms with Crippen LogP contribution in [0.3, 0.4) is 0 Å². The number of hydrogen-bond acceptors (Lipinski definition) is 6. The van der Waals surface area contributed by atoms with E-state index in [1.807, 2.05) is 12.1 Å². The standard InChI is InChI=1S/C20H26ClN3O4/c1-28-20(27)15-13-24(10-11-25)19(26)18(15)22-14-6-7-17(16(21)12-14)23-8-4-2-3-5-9-23/h6-7,12,22,25H,2-5,8-11,13H2,1H3. The van der Waals surface area contributed by atoms with Gasteiger partial charge in [-0.3, -0.25) is 4.79 Å². The highest BCUT2D eigenvalue weighted by Gasteiger charge is 2.34. The molecule has 0 unspecified atom stereocenters. The molecular formula is C20H26ClN3O4. The van der Waals surface area contributed by atoms with Gasteiger partial charge >= 0.3 is 5.97 Å². The highest BCUT2D eigenvalue weighted by Crippen LogP contribution is 2.32. The van der Waals surface area contributed by atoms with Gasteiger partial charge in [-0.15, -0.1) is 0 Å². The van der Waals surface area contributed by atoms with E-state index in [1.165, 1.54) is 24.9 Å². The van der Waals surface area contributed by atoms with Gasteiger partial charge < -0.3 is 25.0 Å². The molecule has 1 saturated heterocycles. The minimum atomic E-state index is -0.566. The maximum atomic E-state index is 12.6. The van der Waals surface area contributed by atoms with Crippen molar-refractivity contribution in [1.29, 1.82) is 0 Å². The van der Waals surface area contributed by atoms with E-state index in [0.717, 1.165) is 31.6 Å². The van der Waals surface area contributed by atoms with Gasteiger partial charge in [0.2, 0.25) is 0 Å². The largest absolute Gasteiger partial charge is 0.466 e.